The second-order valence-corrected chi connectivity index (χ2v) is 3.46. The summed E-state index contributed by atoms with van der Waals surface area (Å²) in [6.07, 6.45) is 6.03. The van der Waals surface area contributed by atoms with Crippen molar-refractivity contribution in [3.8, 4) is 0 Å². The van der Waals surface area contributed by atoms with Gasteiger partial charge in [0, 0.05) is 43.3 Å². The maximum absolute atomic E-state index is 11.9. The van der Waals surface area contributed by atoms with Crippen molar-refractivity contribution in [1.82, 2.24) is 9.88 Å². The molecule has 0 N–H and O–H groups in total. The predicted molar refractivity (Wildman–Crippen MR) is 53.9 cm³/mol. The van der Waals surface area contributed by atoms with Crippen LogP contribution in [0.5, 0.6) is 0 Å². The molecule has 3 heteroatoms. The largest absolute Gasteiger partial charge is 0.380 e. The van der Waals surface area contributed by atoms with E-state index in [0.29, 0.717) is 5.56 Å². The minimum absolute atomic E-state index is 0.0995. The molecule has 0 bridgehead atoms. The fraction of sp³-hybridized carbons (Fsp3) is 0.273. The van der Waals surface area contributed by atoms with Gasteiger partial charge >= 0.3 is 0 Å². The Morgan fingerprint density at radius 1 is 1.57 bits per heavy atom. The first kappa shape index (κ1) is 8.94. The Balaban J connectivity index is 2.21. The summed E-state index contributed by atoms with van der Waals surface area (Å²) < 4.78 is 0. The standard InChI is InChI=1S/C11H12N2O/c1-13-6-4-10(8-13)11(14)9-3-2-5-12-7-9/h2-3,5,7-8H,4,6H2,1H3. The Bertz CT molecular complexity index is 370. The van der Waals surface area contributed by atoms with Gasteiger partial charge in [0.15, 0.2) is 5.78 Å². The van der Waals surface area contributed by atoms with Crippen LogP contribution in [0.4, 0.5) is 0 Å². The van der Waals surface area contributed by atoms with Crippen molar-refractivity contribution >= 4 is 5.78 Å². The normalized spacial score (nSPS) is 15.5. The molecule has 0 fully saturated rings. The Hall–Kier alpha value is -1.64. The van der Waals surface area contributed by atoms with Crippen LogP contribution in [0, 0.1) is 0 Å². The smallest absolute Gasteiger partial charge is 0.192 e. The number of pyridine rings is 1. The van der Waals surface area contributed by atoms with E-state index in [9.17, 15) is 4.79 Å². The number of rotatable bonds is 2. The van der Waals surface area contributed by atoms with Crippen molar-refractivity contribution in [2.24, 2.45) is 0 Å². The zero-order valence-electron chi connectivity index (χ0n) is 8.10. The Labute approximate surface area is 83.1 Å². The number of hydrogen-bond acceptors (Lipinski definition) is 3. The molecule has 1 aliphatic heterocycles. The first-order valence-electron chi connectivity index (χ1n) is 4.63. The highest BCUT2D eigenvalue weighted by atomic mass is 16.1. The van der Waals surface area contributed by atoms with E-state index in [4.69, 9.17) is 0 Å². The molecule has 0 unspecified atom stereocenters. The third-order valence-electron chi connectivity index (χ3n) is 2.33. The van der Waals surface area contributed by atoms with Crippen LogP contribution >= 0.6 is 0 Å². The molecular formula is C11H12N2O. The lowest BCUT2D eigenvalue weighted by Gasteiger charge is -2.02. The summed E-state index contributed by atoms with van der Waals surface area (Å²) in [5, 5.41) is 0. The van der Waals surface area contributed by atoms with Crippen molar-refractivity contribution in [3.63, 3.8) is 0 Å². The van der Waals surface area contributed by atoms with Crippen LogP contribution in [0.1, 0.15) is 16.8 Å². The van der Waals surface area contributed by atoms with Gasteiger partial charge in [0.25, 0.3) is 0 Å². The fourth-order valence-electron chi connectivity index (χ4n) is 1.55. The summed E-state index contributed by atoms with van der Waals surface area (Å²) in [7, 11) is 1.98. The van der Waals surface area contributed by atoms with E-state index in [2.05, 4.69) is 4.98 Å². The third kappa shape index (κ3) is 1.66. The highest BCUT2D eigenvalue weighted by Crippen LogP contribution is 2.17. The molecule has 0 aromatic carbocycles. The Morgan fingerprint density at radius 3 is 3.00 bits per heavy atom. The first-order valence-corrected chi connectivity index (χ1v) is 4.63. The van der Waals surface area contributed by atoms with Gasteiger partial charge in [-0.1, -0.05) is 0 Å². The van der Waals surface area contributed by atoms with Crippen molar-refractivity contribution < 1.29 is 4.79 Å². The number of nitrogens with zero attached hydrogens (tertiary/aromatic N) is 2. The molecule has 1 aliphatic rings. The highest BCUT2D eigenvalue weighted by Gasteiger charge is 2.17. The van der Waals surface area contributed by atoms with Crippen LogP contribution in [0.2, 0.25) is 0 Å². The monoisotopic (exact) mass is 188 g/mol. The van der Waals surface area contributed by atoms with Gasteiger partial charge in [-0.3, -0.25) is 9.78 Å². The predicted octanol–water partition coefficient (Wildman–Crippen LogP) is 1.48. The van der Waals surface area contributed by atoms with Crippen LogP contribution in [-0.2, 0) is 0 Å². The molecule has 2 heterocycles. The van der Waals surface area contributed by atoms with Crippen LogP contribution < -0.4 is 0 Å². The lowest BCUT2D eigenvalue weighted by molar-refractivity contribution is 0.103. The molecule has 0 spiro atoms. The zero-order chi connectivity index (χ0) is 9.97. The number of Topliss-reactive ketones (excluding diaryl/α,β-unsaturated/α-hetero) is 1. The first-order chi connectivity index (χ1) is 6.77. The molecule has 0 saturated carbocycles. The van der Waals surface area contributed by atoms with Gasteiger partial charge in [0.1, 0.15) is 0 Å². The maximum atomic E-state index is 11.9. The van der Waals surface area contributed by atoms with Gasteiger partial charge in [-0.2, -0.15) is 0 Å². The molecule has 1 aromatic heterocycles. The summed E-state index contributed by atoms with van der Waals surface area (Å²) in [5.74, 6) is 0.0995. The summed E-state index contributed by atoms with van der Waals surface area (Å²) in [6.45, 7) is 0.932. The fourth-order valence-corrected chi connectivity index (χ4v) is 1.55. The molecule has 72 valence electrons. The molecule has 0 atom stereocenters. The van der Waals surface area contributed by atoms with E-state index in [0.717, 1.165) is 18.5 Å². The molecule has 0 saturated heterocycles. The molecule has 3 nitrogen and oxygen atoms in total. The minimum atomic E-state index is 0.0995. The molecule has 1 aromatic rings. The number of carbonyl (C=O) groups is 1. The molecule has 0 radical (unpaired) electrons. The van der Waals surface area contributed by atoms with Gasteiger partial charge in [-0.25, -0.2) is 0 Å². The van der Waals surface area contributed by atoms with E-state index in [1.807, 2.05) is 18.1 Å². The van der Waals surface area contributed by atoms with Crippen LogP contribution in [0.25, 0.3) is 0 Å². The van der Waals surface area contributed by atoms with E-state index >= 15 is 0 Å². The Morgan fingerprint density at radius 2 is 2.43 bits per heavy atom. The molecule has 0 amide bonds. The van der Waals surface area contributed by atoms with Crippen molar-refractivity contribution in [1.29, 1.82) is 0 Å². The zero-order valence-corrected chi connectivity index (χ0v) is 8.10. The van der Waals surface area contributed by atoms with Crippen LogP contribution in [-0.4, -0.2) is 29.3 Å². The third-order valence-corrected chi connectivity index (χ3v) is 2.33. The van der Waals surface area contributed by atoms with Crippen LogP contribution in [0.3, 0.4) is 0 Å². The quantitative estimate of drug-likeness (QED) is 0.659. The van der Waals surface area contributed by atoms with Gasteiger partial charge in [0.2, 0.25) is 0 Å². The van der Waals surface area contributed by atoms with Gasteiger partial charge in [0.05, 0.1) is 0 Å². The van der Waals surface area contributed by atoms with Gasteiger partial charge in [-0.05, 0) is 18.6 Å². The van der Waals surface area contributed by atoms with Crippen LogP contribution in [0.15, 0.2) is 36.3 Å². The number of aromatic nitrogens is 1. The lowest BCUT2D eigenvalue weighted by atomic mass is 10.1. The highest BCUT2D eigenvalue weighted by molar-refractivity contribution is 6.08. The number of carbonyl (C=O) groups excluding carboxylic acids is 1. The summed E-state index contributed by atoms with van der Waals surface area (Å²) in [4.78, 5) is 17.8. The summed E-state index contributed by atoms with van der Waals surface area (Å²) >= 11 is 0. The lowest BCUT2D eigenvalue weighted by Crippen LogP contribution is -2.04. The average molecular weight is 188 g/mol. The molecule has 2 rings (SSSR count). The Kier molecular flexibility index (Phi) is 2.31. The number of hydrogen-bond donors (Lipinski definition) is 0. The average Bonchev–Trinajstić information content (AvgIpc) is 2.65. The van der Waals surface area contributed by atoms with Crippen molar-refractivity contribution in [2.75, 3.05) is 13.6 Å². The molecule has 14 heavy (non-hydrogen) atoms. The summed E-state index contributed by atoms with van der Waals surface area (Å²) in [5.41, 5.74) is 1.55. The van der Waals surface area contributed by atoms with Crippen molar-refractivity contribution in [2.45, 2.75) is 6.42 Å². The summed E-state index contributed by atoms with van der Waals surface area (Å²) in [6, 6.07) is 3.58. The van der Waals surface area contributed by atoms with Gasteiger partial charge in [-0.15, -0.1) is 0 Å². The molecule has 0 aliphatic carbocycles. The minimum Gasteiger partial charge on any atom is -0.380 e. The SMILES string of the molecule is CN1C=C(C(=O)c2cccnc2)CC1. The van der Waals surface area contributed by atoms with Crippen molar-refractivity contribution in [3.05, 3.63) is 41.9 Å². The van der Waals surface area contributed by atoms with E-state index in [-0.39, 0.29) is 5.78 Å². The van der Waals surface area contributed by atoms with E-state index in [1.54, 1.807) is 24.5 Å². The van der Waals surface area contributed by atoms with Gasteiger partial charge < -0.3 is 4.90 Å². The molecular weight excluding hydrogens is 176 g/mol. The topological polar surface area (TPSA) is 33.2 Å². The second-order valence-electron chi connectivity index (χ2n) is 3.46. The number of ketones is 1. The van der Waals surface area contributed by atoms with E-state index in [1.165, 1.54) is 0 Å². The maximum Gasteiger partial charge on any atom is 0.192 e. The second kappa shape index (κ2) is 3.62. The van der Waals surface area contributed by atoms with E-state index < -0.39 is 0 Å².